The van der Waals surface area contributed by atoms with Gasteiger partial charge in [0.1, 0.15) is 12.2 Å². The van der Waals surface area contributed by atoms with E-state index >= 15 is 0 Å². The van der Waals surface area contributed by atoms with Gasteiger partial charge in [-0.25, -0.2) is 0 Å². The van der Waals surface area contributed by atoms with Crippen molar-refractivity contribution in [1.29, 1.82) is 0 Å². The number of aryl methyl sites for hydroxylation is 1. The van der Waals surface area contributed by atoms with E-state index in [0.29, 0.717) is 28.1 Å². The van der Waals surface area contributed by atoms with Crippen molar-refractivity contribution in [2.24, 2.45) is 0 Å². The number of rotatable bonds is 5. The molecule has 0 atom stereocenters. The van der Waals surface area contributed by atoms with E-state index in [4.69, 9.17) is 21.7 Å². The molecule has 2 aromatic carbocycles. The predicted molar refractivity (Wildman–Crippen MR) is 113 cm³/mol. The second-order valence-electron chi connectivity index (χ2n) is 6.11. The minimum atomic E-state index is -0.552. The van der Waals surface area contributed by atoms with Gasteiger partial charge in [0, 0.05) is 0 Å². The number of halogens is 1. The largest absolute Gasteiger partial charge is 0.493 e. The van der Waals surface area contributed by atoms with Crippen molar-refractivity contribution in [2.45, 2.75) is 13.5 Å². The third-order valence-electron chi connectivity index (χ3n) is 3.97. The highest BCUT2D eigenvalue weighted by atomic mass is 79.9. The number of thiocarbonyl (C=S) groups is 1. The lowest BCUT2D eigenvalue weighted by atomic mass is 10.1. The number of benzene rings is 2. The average Bonchev–Trinajstić information content (AvgIpc) is 2.63. The van der Waals surface area contributed by atoms with Crippen molar-refractivity contribution in [3.05, 3.63) is 63.1 Å². The smallest absolute Gasteiger partial charge is 0.263 e. The Morgan fingerprint density at radius 2 is 1.86 bits per heavy atom. The topological polar surface area (TPSA) is 76.7 Å². The normalized spacial score (nSPS) is 13.7. The molecule has 8 heteroatoms. The number of ether oxygens (including phenoxy) is 2. The van der Waals surface area contributed by atoms with Crippen molar-refractivity contribution in [3.8, 4) is 11.5 Å². The van der Waals surface area contributed by atoms with E-state index in [-0.39, 0.29) is 10.7 Å². The van der Waals surface area contributed by atoms with Crippen molar-refractivity contribution >= 4 is 51.2 Å². The van der Waals surface area contributed by atoms with E-state index in [9.17, 15) is 9.59 Å². The molecule has 2 amide bonds. The first kappa shape index (κ1) is 20.0. The summed E-state index contributed by atoms with van der Waals surface area (Å²) in [4.78, 5) is 24.0. The molecular formula is C20H17BrN2O4S. The highest BCUT2D eigenvalue weighted by molar-refractivity contribution is 9.10. The molecule has 28 heavy (non-hydrogen) atoms. The summed E-state index contributed by atoms with van der Waals surface area (Å²) in [5.41, 5.74) is 2.74. The second kappa shape index (κ2) is 8.53. The van der Waals surface area contributed by atoms with Gasteiger partial charge in [-0.2, -0.15) is 0 Å². The monoisotopic (exact) mass is 460 g/mol. The Labute approximate surface area is 176 Å². The molecule has 0 spiro atoms. The van der Waals surface area contributed by atoms with Crippen LogP contribution in [0.3, 0.4) is 0 Å². The van der Waals surface area contributed by atoms with Crippen LogP contribution in [0.5, 0.6) is 11.5 Å². The molecule has 1 heterocycles. The van der Waals surface area contributed by atoms with Crippen LogP contribution >= 0.6 is 28.1 Å². The Hall–Kier alpha value is -2.71. The summed E-state index contributed by atoms with van der Waals surface area (Å²) in [6.07, 6.45) is 1.46. The van der Waals surface area contributed by atoms with Gasteiger partial charge < -0.3 is 9.47 Å². The molecule has 144 valence electrons. The van der Waals surface area contributed by atoms with E-state index in [0.717, 1.165) is 11.1 Å². The number of amides is 2. The minimum absolute atomic E-state index is 0.00851. The number of nitrogens with one attached hydrogen (secondary N) is 2. The van der Waals surface area contributed by atoms with Crippen LogP contribution in [0.4, 0.5) is 0 Å². The van der Waals surface area contributed by atoms with Gasteiger partial charge in [-0.3, -0.25) is 20.2 Å². The molecule has 0 saturated carbocycles. The molecule has 1 aliphatic heterocycles. The highest BCUT2D eigenvalue weighted by Gasteiger charge is 2.26. The highest BCUT2D eigenvalue weighted by Crippen LogP contribution is 2.37. The summed E-state index contributed by atoms with van der Waals surface area (Å²) < 4.78 is 12.0. The van der Waals surface area contributed by atoms with Crippen LogP contribution in [0.15, 0.2) is 46.4 Å². The zero-order chi connectivity index (χ0) is 20.3. The van der Waals surface area contributed by atoms with Gasteiger partial charge in [-0.05, 0) is 64.4 Å². The Morgan fingerprint density at radius 1 is 1.14 bits per heavy atom. The first-order valence-electron chi connectivity index (χ1n) is 8.31. The maximum atomic E-state index is 12.0. The van der Waals surface area contributed by atoms with Crippen molar-refractivity contribution in [3.63, 3.8) is 0 Å². The van der Waals surface area contributed by atoms with Gasteiger partial charge in [-0.1, -0.05) is 29.8 Å². The number of hydrogen-bond acceptors (Lipinski definition) is 5. The molecule has 0 bridgehead atoms. The van der Waals surface area contributed by atoms with E-state index in [1.54, 1.807) is 12.1 Å². The molecule has 6 nitrogen and oxygen atoms in total. The lowest BCUT2D eigenvalue weighted by Crippen LogP contribution is -2.51. The summed E-state index contributed by atoms with van der Waals surface area (Å²) in [5.74, 6) is -0.0990. The van der Waals surface area contributed by atoms with Gasteiger partial charge in [0.25, 0.3) is 11.8 Å². The summed E-state index contributed by atoms with van der Waals surface area (Å²) in [6.45, 7) is 2.39. The summed E-state index contributed by atoms with van der Waals surface area (Å²) in [6, 6.07) is 11.5. The minimum Gasteiger partial charge on any atom is -0.493 e. The van der Waals surface area contributed by atoms with E-state index < -0.39 is 11.8 Å². The lowest BCUT2D eigenvalue weighted by Gasteiger charge is -2.17. The lowest BCUT2D eigenvalue weighted by molar-refractivity contribution is -0.123. The molecule has 0 unspecified atom stereocenters. The maximum absolute atomic E-state index is 12.0. The molecule has 1 fully saturated rings. The van der Waals surface area contributed by atoms with Gasteiger partial charge in [0.05, 0.1) is 11.6 Å². The van der Waals surface area contributed by atoms with E-state index in [2.05, 4.69) is 26.6 Å². The van der Waals surface area contributed by atoms with Crippen LogP contribution in [-0.4, -0.2) is 24.0 Å². The molecular weight excluding hydrogens is 444 g/mol. The fourth-order valence-corrected chi connectivity index (χ4v) is 3.45. The van der Waals surface area contributed by atoms with Gasteiger partial charge in [0.2, 0.25) is 0 Å². The number of methoxy groups -OCH3 is 1. The van der Waals surface area contributed by atoms with Crippen LogP contribution in [0.25, 0.3) is 6.08 Å². The number of carbonyl (C=O) groups is 2. The quantitative estimate of drug-likeness (QED) is 0.406. The van der Waals surface area contributed by atoms with Gasteiger partial charge in [0.15, 0.2) is 16.6 Å². The van der Waals surface area contributed by atoms with Crippen LogP contribution in [-0.2, 0) is 16.2 Å². The SMILES string of the molecule is COc1cc(C=C2C(=O)NC(=S)NC2=O)cc(Br)c1OCc1cccc(C)c1. The second-order valence-corrected chi connectivity index (χ2v) is 7.37. The van der Waals surface area contributed by atoms with Crippen LogP contribution in [0.2, 0.25) is 0 Å². The first-order valence-corrected chi connectivity index (χ1v) is 9.51. The number of carbonyl (C=O) groups excluding carboxylic acids is 2. The first-order chi connectivity index (χ1) is 13.4. The van der Waals surface area contributed by atoms with E-state index in [1.165, 1.54) is 13.2 Å². The molecule has 2 N–H and O–H groups in total. The third-order valence-corrected chi connectivity index (χ3v) is 4.76. The molecule has 0 aromatic heterocycles. The van der Waals surface area contributed by atoms with E-state index in [1.807, 2.05) is 31.2 Å². The number of hydrogen-bond donors (Lipinski definition) is 2. The molecule has 2 aromatic rings. The summed E-state index contributed by atoms with van der Waals surface area (Å²) in [7, 11) is 1.52. The molecule has 0 aliphatic carbocycles. The van der Waals surface area contributed by atoms with Gasteiger partial charge >= 0.3 is 0 Å². The zero-order valence-corrected chi connectivity index (χ0v) is 17.6. The van der Waals surface area contributed by atoms with Crippen molar-refractivity contribution in [1.82, 2.24) is 10.6 Å². The summed E-state index contributed by atoms with van der Waals surface area (Å²) >= 11 is 8.27. The molecule has 3 rings (SSSR count). The van der Waals surface area contributed by atoms with Crippen LogP contribution in [0, 0.1) is 6.92 Å². The average molecular weight is 461 g/mol. The fourth-order valence-electron chi connectivity index (χ4n) is 2.69. The Morgan fingerprint density at radius 3 is 2.50 bits per heavy atom. The van der Waals surface area contributed by atoms with Crippen LogP contribution in [0.1, 0.15) is 16.7 Å². The summed E-state index contributed by atoms with van der Waals surface area (Å²) in [5, 5.41) is 4.80. The molecule has 0 radical (unpaired) electrons. The Kier molecular flexibility index (Phi) is 6.11. The molecule has 1 saturated heterocycles. The van der Waals surface area contributed by atoms with Crippen molar-refractivity contribution in [2.75, 3.05) is 7.11 Å². The Bertz CT molecular complexity index is 982. The third kappa shape index (κ3) is 4.58. The Balaban J connectivity index is 1.87. The maximum Gasteiger partial charge on any atom is 0.263 e. The fraction of sp³-hybridized carbons (Fsp3) is 0.150. The standard InChI is InChI=1S/C20H17BrN2O4S/c1-11-4-3-5-12(6-11)10-27-17-15(21)8-13(9-16(17)26-2)7-14-18(24)22-20(28)23-19(14)25/h3-9H,10H2,1-2H3,(H2,22,23,24,25,28). The van der Waals surface area contributed by atoms with Crippen molar-refractivity contribution < 1.29 is 19.1 Å². The van der Waals surface area contributed by atoms with Gasteiger partial charge in [-0.15, -0.1) is 0 Å². The van der Waals surface area contributed by atoms with Crippen LogP contribution < -0.4 is 20.1 Å². The zero-order valence-electron chi connectivity index (χ0n) is 15.2. The molecule has 1 aliphatic rings. The predicted octanol–water partition coefficient (Wildman–Crippen LogP) is 3.26.